The van der Waals surface area contributed by atoms with Gasteiger partial charge in [-0.25, -0.2) is 0 Å². The van der Waals surface area contributed by atoms with E-state index in [2.05, 4.69) is 38.1 Å². The molecule has 0 bridgehead atoms. The average molecular weight is 425 g/mol. The Morgan fingerprint density at radius 1 is 1.19 bits per heavy atom. The van der Waals surface area contributed by atoms with Crippen molar-refractivity contribution >= 4 is 32.7 Å². The molecule has 0 aliphatic heterocycles. The summed E-state index contributed by atoms with van der Waals surface area (Å²) in [7, 11) is 1.56. The van der Waals surface area contributed by atoms with E-state index < -0.39 is 0 Å². The van der Waals surface area contributed by atoms with E-state index in [9.17, 15) is 4.79 Å². The molecule has 0 aliphatic rings. The van der Waals surface area contributed by atoms with Crippen LogP contribution in [0.15, 0.2) is 59.2 Å². The molecule has 0 saturated heterocycles. The van der Waals surface area contributed by atoms with Gasteiger partial charge in [-0.1, -0.05) is 30.0 Å². The summed E-state index contributed by atoms with van der Waals surface area (Å²) in [6.45, 7) is 0.439. The standard InChI is InChI=1S/C21H17BrN2O3/c1-26-16-9-10-18(22)17(14-16)21(25)24-11-2-3-13-27-19-8-4-6-15-7-5-12-23-20(15)19/h4-10,12,14H,11,13H2,1H3,(H,24,25). The van der Waals surface area contributed by atoms with Crippen LogP contribution in [0.25, 0.3) is 10.9 Å². The number of nitrogens with zero attached hydrogens (tertiary/aromatic N) is 1. The summed E-state index contributed by atoms with van der Waals surface area (Å²) in [6.07, 6.45) is 1.73. The van der Waals surface area contributed by atoms with Gasteiger partial charge < -0.3 is 14.8 Å². The largest absolute Gasteiger partial charge is 0.497 e. The third-order valence-electron chi connectivity index (χ3n) is 3.78. The van der Waals surface area contributed by atoms with E-state index in [1.165, 1.54) is 0 Å². The van der Waals surface area contributed by atoms with Gasteiger partial charge >= 0.3 is 0 Å². The number of rotatable bonds is 5. The number of amides is 1. The molecule has 0 unspecified atom stereocenters. The fraction of sp³-hybridized carbons (Fsp3) is 0.143. The molecular weight excluding hydrogens is 408 g/mol. The zero-order chi connectivity index (χ0) is 19.1. The first-order valence-electron chi connectivity index (χ1n) is 8.23. The number of benzene rings is 2. The number of nitrogens with one attached hydrogen (secondary N) is 1. The fourth-order valence-electron chi connectivity index (χ4n) is 2.45. The van der Waals surface area contributed by atoms with Crippen molar-refractivity contribution in [1.82, 2.24) is 10.3 Å². The molecular formula is C21H17BrN2O3. The third-order valence-corrected chi connectivity index (χ3v) is 4.47. The molecule has 1 N–H and O–H groups in total. The number of carbonyl (C=O) groups excluding carboxylic acids is 1. The molecule has 0 fully saturated rings. The summed E-state index contributed by atoms with van der Waals surface area (Å²) in [5.74, 6) is 6.85. The minimum Gasteiger partial charge on any atom is -0.497 e. The monoisotopic (exact) mass is 424 g/mol. The van der Waals surface area contributed by atoms with E-state index in [0.29, 0.717) is 21.5 Å². The van der Waals surface area contributed by atoms with Crippen LogP contribution in [0, 0.1) is 11.8 Å². The lowest BCUT2D eigenvalue weighted by atomic mass is 10.2. The van der Waals surface area contributed by atoms with Crippen molar-refractivity contribution in [2.24, 2.45) is 0 Å². The van der Waals surface area contributed by atoms with Crippen LogP contribution in [0.3, 0.4) is 0 Å². The zero-order valence-electron chi connectivity index (χ0n) is 14.7. The Hall–Kier alpha value is -3.04. The molecule has 0 spiro atoms. The number of hydrogen-bond donors (Lipinski definition) is 1. The van der Waals surface area contributed by atoms with Crippen molar-refractivity contribution < 1.29 is 14.3 Å². The third kappa shape index (κ3) is 4.78. The number of para-hydroxylation sites is 1. The summed E-state index contributed by atoms with van der Waals surface area (Å²) < 4.78 is 11.5. The first kappa shape index (κ1) is 18.7. The van der Waals surface area contributed by atoms with Crippen LogP contribution in [-0.2, 0) is 0 Å². The Kier molecular flexibility index (Phi) is 6.29. The highest BCUT2D eigenvalue weighted by atomic mass is 79.9. The van der Waals surface area contributed by atoms with Crippen molar-refractivity contribution in [3.63, 3.8) is 0 Å². The Balaban J connectivity index is 1.53. The molecule has 136 valence electrons. The Morgan fingerprint density at radius 2 is 2.04 bits per heavy atom. The van der Waals surface area contributed by atoms with Gasteiger partial charge in [-0.15, -0.1) is 0 Å². The summed E-state index contributed by atoms with van der Waals surface area (Å²) in [5.41, 5.74) is 1.30. The van der Waals surface area contributed by atoms with Gasteiger partial charge in [-0.05, 0) is 46.3 Å². The topological polar surface area (TPSA) is 60.5 Å². The molecule has 0 aliphatic carbocycles. The van der Waals surface area contributed by atoms with Crippen LogP contribution in [0.2, 0.25) is 0 Å². The normalized spacial score (nSPS) is 10.0. The number of methoxy groups -OCH3 is 1. The van der Waals surface area contributed by atoms with Crippen molar-refractivity contribution in [3.8, 4) is 23.3 Å². The number of fused-ring (bicyclic) bond motifs is 1. The van der Waals surface area contributed by atoms with Gasteiger partial charge in [0.25, 0.3) is 5.91 Å². The molecule has 27 heavy (non-hydrogen) atoms. The maximum Gasteiger partial charge on any atom is 0.253 e. The molecule has 0 saturated carbocycles. The molecule has 0 radical (unpaired) electrons. The summed E-state index contributed by atoms with van der Waals surface area (Å²) in [4.78, 5) is 16.6. The molecule has 1 heterocycles. The lowest BCUT2D eigenvalue weighted by molar-refractivity contribution is 0.0957. The van der Waals surface area contributed by atoms with Crippen LogP contribution in [-0.4, -0.2) is 31.2 Å². The van der Waals surface area contributed by atoms with Crippen molar-refractivity contribution in [3.05, 3.63) is 64.8 Å². The van der Waals surface area contributed by atoms with Gasteiger partial charge in [0.2, 0.25) is 0 Å². The first-order valence-corrected chi connectivity index (χ1v) is 9.02. The maximum absolute atomic E-state index is 12.2. The SMILES string of the molecule is COc1ccc(Br)c(C(=O)NCC#CCOc2cccc3cccnc23)c1. The molecule has 0 atom stereocenters. The van der Waals surface area contributed by atoms with E-state index in [-0.39, 0.29) is 19.1 Å². The van der Waals surface area contributed by atoms with Crippen molar-refractivity contribution in [1.29, 1.82) is 0 Å². The molecule has 1 amide bonds. The number of carbonyl (C=O) groups is 1. The fourth-order valence-corrected chi connectivity index (χ4v) is 2.87. The molecule has 3 rings (SSSR count). The smallest absolute Gasteiger partial charge is 0.253 e. The van der Waals surface area contributed by atoms with Crippen LogP contribution in [0.1, 0.15) is 10.4 Å². The van der Waals surface area contributed by atoms with Gasteiger partial charge in [-0.2, -0.15) is 0 Å². The summed E-state index contributed by atoms with van der Waals surface area (Å²) in [5, 5.41) is 3.77. The molecule has 6 heteroatoms. The van der Waals surface area contributed by atoms with Crippen LogP contribution in [0.5, 0.6) is 11.5 Å². The minimum atomic E-state index is -0.228. The van der Waals surface area contributed by atoms with E-state index in [4.69, 9.17) is 9.47 Å². The predicted octanol–water partition coefficient (Wildman–Crippen LogP) is 3.82. The molecule has 1 aromatic heterocycles. The zero-order valence-corrected chi connectivity index (χ0v) is 16.2. The van der Waals surface area contributed by atoms with Gasteiger partial charge in [-0.3, -0.25) is 9.78 Å². The number of aromatic nitrogens is 1. The quantitative estimate of drug-likeness (QED) is 0.632. The highest BCUT2D eigenvalue weighted by Crippen LogP contribution is 2.23. The highest BCUT2D eigenvalue weighted by Gasteiger charge is 2.10. The van der Waals surface area contributed by atoms with Crippen molar-refractivity contribution in [2.75, 3.05) is 20.3 Å². The summed E-state index contributed by atoms with van der Waals surface area (Å²) >= 11 is 3.36. The maximum atomic E-state index is 12.2. The van der Waals surface area contributed by atoms with Gasteiger partial charge in [0.1, 0.15) is 23.6 Å². The number of halogens is 1. The minimum absolute atomic E-state index is 0.217. The Labute approximate surface area is 165 Å². The lowest BCUT2D eigenvalue weighted by Crippen LogP contribution is -2.24. The van der Waals surface area contributed by atoms with E-state index >= 15 is 0 Å². The van der Waals surface area contributed by atoms with E-state index in [1.54, 1.807) is 31.5 Å². The molecule has 2 aromatic carbocycles. The van der Waals surface area contributed by atoms with E-state index in [0.717, 1.165) is 10.9 Å². The van der Waals surface area contributed by atoms with Gasteiger partial charge in [0.15, 0.2) is 0 Å². The second kappa shape index (κ2) is 9.06. The second-order valence-corrected chi connectivity index (χ2v) is 6.36. The number of ether oxygens (including phenoxy) is 2. The lowest BCUT2D eigenvalue weighted by Gasteiger charge is -2.07. The first-order chi connectivity index (χ1) is 13.2. The van der Waals surface area contributed by atoms with Gasteiger partial charge in [0, 0.05) is 16.1 Å². The predicted molar refractivity (Wildman–Crippen MR) is 108 cm³/mol. The van der Waals surface area contributed by atoms with Crippen molar-refractivity contribution in [2.45, 2.75) is 0 Å². The second-order valence-electron chi connectivity index (χ2n) is 5.50. The average Bonchev–Trinajstić information content (AvgIpc) is 2.70. The Bertz CT molecular complexity index is 1020. The summed E-state index contributed by atoms with van der Waals surface area (Å²) in [6, 6.07) is 14.8. The molecule has 3 aromatic rings. The van der Waals surface area contributed by atoms with Gasteiger partial charge in [0.05, 0.1) is 19.2 Å². The van der Waals surface area contributed by atoms with Crippen LogP contribution in [0.4, 0.5) is 0 Å². The van der Waals surface area contributed by atoms with Crippen LogP contribution >= 0.6 is 15.9 Å². The number of pyridine rings is 1. The number of hydrogen-bond acceptors (Lipinski definition) is 4. The molecule has 5 nitrogen and oxygen atoms in total. The highest BCUT2D eigenvalue weighted by molar-refractivity contribution is 9.10. The van der Waals surface area contributed by atoms with E-state index in [1.807, 2.05) is 30.3 Å². The van der Waals surface area contributed by atoms with Crippen LogP contribution < -0.4 is 14.8 Å². The Morgan fingerprint density at radius 3 is 2.89 bits per heavy atom.